The summed E-state index contributed by atoms with van der Waals surface area (Å²) in [6.45, 7) is 3.46. The van der Waals surface area contributed by atoms with Crippen molar-refractivity contribution in [3.63, 3.8) is 0 Å². The molecule has 0 spiro atoms. The first-order valence-electron chi connectivity index (χ1n) is 3.30. The first-order valence-corrected chi connectivity index (χ1v) is 3.30. The van der Waals surface area contributed by atoms with Gasteiger partial charge in [-0.2, -0.15) is 0 Å². The molecule has 1 aromatic rings. The Balaban J connectivity index is 3.32. The van der Waals surface area contributed by atoms with E-state index in [-0.39, 0.29) is 11.4 Å². The molecule has 0 aliphatic carbocycles. The minimum atomic E-state index is -0.0504. The third kappa shape index (κ3) is 1.42. The molecule has 1 heterocycles. The molecule has 0 atom stereocenters. The van der Waals surface area contributed by atoms with E-state index in [1.807, 2.05) is 0 Å². The minimum absolute atomic E-state index is 0.0504. The average molecular weight is 154 g/mol. The zero-order valence-corrected chi connectivity index (χ0v) is 6.80. The molecule has 3 nitrogen and oxygen atoms in total. The molecule has 0 amide bonds. The van der Waals surface area contributed by atoms with Gasteiger partial charge < -0.3 is 9.15 Å². The van der Waals surface area contributed by atoms with Crippen LogP contribution in [-0.4, -0.2) is 7.11 Å². The van der Waals surface area contributed by atoms with Gasteiger partial charge in [-0.3, -0.25) is 4.79 Å². The highest BCUT2D eigenvalue weighted by molar-refractivity contribution is 5.19. The van der Waals surface area contributed by atoms with E-state index >= 15 is 0 Å². The summed E-state index contributed by atoms with van der Waals surface area (Å²) in [7, 11) is 1.47. The van der Waals surface area contributed by atoms with Crippen LogP contribution in [0.15, 0.2) is 15.3 Å². The summed E-state index contributed by atoms with van der Waals surface area (Å²) >= 11 is 0. The molecule has 0 aliphatic heterocycles. The van der Waals surface area contributed by atoms with Gasteiger partial charge in [0, 0.05) is 5.56 Å². The van der Waals surface area contributed by atoms with Crippen LogP contribution in [0.1, 0.15) is 11.3 Å². The normalized spacial score (nSPS) is 9.73. The maximum absolute atomic E-state index is 11.1. The Bertz CT molecular complexity index is 312. The third-order valence-electron chi connectivity index (χ3n) is 1.60. The van der Waals surface area contributed by atoms with Gasteiger partial charge in [-0.05, 0) is 13.8 Å². The van der Waals surface area contributed by atoms with Crippen molar-refractivity contribution in [2.45, 2.75) is 13.8 Å². The Morgan fingerprint density at radius 2 is 2.09 bits per heavy atom. The van der Waals surface area contributed by atoms with Crippen LogP contribution in [0.5, 0.6) is 5.95 Å². The fraction of sp³-hybridized carbons (Fsp3) is 0.375. The van der Waals surface area contributed by atoms with Crippen LogP contribution in [-0.2, 0) is 0 Å². The summed E-state index contributed by atoms with van der Waals surface area (Å²) in [6, 6.07) is 1.34. The van der Waals surface area contributed by atoms with Gasteiger partial charge in [0.1, 0.15) is 5.76 Å². The van der Waals surface area contributed by atoms with Crippen molar-refractivity contribution in [2.24, 2.45) is 0 Å². The molecule has 0 unspecified atom stereocenters. The Morgan fingerprint density at radius 1 is 1.45 bits per heavy atom. The van der Waals surface area contributed by atoms with E-state index in [4.69, 9.17) is 9.15 Å². The fourth-order valence-electron chi connectivity index (χ4n) is 0.746. The molecule has 11 heavy (non-hydrogen) atoms. The second-order valence-electron chi connectivity index (χ2n) is 2.31. The van der Waals surface area contributed by atoms with Crippen molar-refractivity contribution in [1.82, 2.24) is 0 Å². The van der Waals surface area contributed by atoms with Gasteiger partial charge in [0.2, 0.25) is 0 Å². The van der Waals surface area contributed by atoms with E-state index in [1.54, 1.807) is 13.8 Å². The van der Waals surface area contributed by atoms with Crippen LogP contribution >= 0.6 is 0 Å². The quantitative estimate of drug-likeness (QED) is 0.611. The van der Waals surface area contributed by atoms with Crippen molar-refractivity contribution in [1.29, 1.82) is 0 Å². The van der Waals surface area contributed by atoms with Crippen molar-refractivity contribution >= 4 is 0 Å². The monoisotopic (exact) mass is 154 g/mol. The summed E-state index contributed by atoms with van der Waals surface area (Å²) in [4.78, 5) is 11.1. The van der Waals surface area contributed by atoms with Crippen LogP contribution in [0.2, 0.25) is 0 Å². The number of ether oxygens (including phenoxy) is 1. The predicted molar refractivity (Wildman–Crippen MR) is 41.0 cm³/mol. The van der Waals surface area contributed by atoms with Crippen molar-refractivity contribution in [3.8, 4) is 5.95 Å². The molecular weight excluding hydrogens is 144 g/mol. The van der Waals surface area contributed by atoms with Crippen LogP contribution in [0, 0.1) is 13.8 Å². The molecule has 0 aromatic carbocycles. The molecular formula is C8H10O3. The SMILES string of the molecule is COc1cc(=O)c(C)c(C)o1. The number of rotatable bonds is 1. The van der Waals surface area contributed by atoms with Crippen molar-refractivity contribution in [2.75, 3.05) is 7.11 Å². The highest BCUT2D eigenvalue weighted by Gasteiger charge is 2.02. The van der Waals surface area contributed by atoms with Gasteiger partial charge in [0.25, 0.3) is 5.95 Å². The molecule has 1 aromatic heterocycles. The molecule has 0 N–H and O–H groups in total. The number of aryl methyl sites for hydroxylation is 1. The van der Waals surface area contributed by atoms with Crippen LogP contribution in [0.3, 0.4) is 0 Å². The predicted octanol–water partition coefficient (Wildman–Crippen LogP) is 1.27. The van der Waals surface area contributed by atoms with E-state index in [2.05, 4.69) is 0 Å². The highest BCUT2D eigenvalue weighted by atomic mass is 16.6. The summed E-state index contributed by atoms with van der Waals surface area (Å²) in [5.74, 6) is 0.868. The topological polar surface area (TPSA) is 39.4 Å². The van der Waals surface area contributed by atoms with Crippen LogP contribution in [0.25, 0.3) is 0 Å². The lowest BCUT2D eigenvalue weighted by Crippen LogP contribution is -2.05. The molecule has 0 aliphatic rings. The van der Waals surface area contributed by atoms with E-state index in [0.717, 1.165) is 0 Å². The summed E-state index contributed by atoms with van der Waals surface area (Å²) < 4.78 is 9.88. The summed E-state index contributed by atoms with van der Waals surface area (Å²) in [5.41, 5.74) is 0.580. The lowest BCUT2D eigenvalue weighted by atomic mass is 10.2. The number of methoxy groups -OCH3 is 1. The van der Waals surface area contributed by atoms with Gasteiger partial charge in [0.15, 0.2) is 5.43 Å². The molecule has 3 heteroatoms. The lowest BCUT2D eigenvalue weighted by molar-refractivity contribution is 0.287. The van der Waals surface area contributed by atoms with Crippen molar-refractivity contribution in [3.05, 3.63) is 27.6 Å². The van der Waals surface area contributed by atoms with E-state index in [1.165, 1.54) is 13.2 Å². The molecule has 60 valence electrons. The maximum atomic E-state index is 11.1. The standard InChI is InChI=1S/C8H10O3/c1-5-6(2)11-8(10-3)4-7(5)9/h4H,1-3H3. The zero-order valence-electron chi connectivity index (χ0n) is 6.80. The molecule has 0 saturated carbocycles. The van der Waals surface area contributed by atoms with Crippen LogP contribution < -0.4 is 10.2 Å². The van der Waals surface area contributed by atoms with E-state index < -0.39 is 0 Å². The largest absolute Gasteiger partial charge is 0.468 e. The highest BCUT2D eigenvalue weighted by Crippen LogP contribution is 2.10. The summed E-state index contributed by atoms with van der Waals surface area (Å²) in [6.07, 6.45) is 0. The molecule has 0 radical (unpaired) electrons. The Morgan fingerprint density at radius 3 is 2.55 bits per heavy atom. The van der Waals surface area contributed by atoms with Gasteiger partial charge in [-0.15, -0.1) is 0 Å². The third-order valence-corrected chi connectivity index (χ3v) is 1.60. The van der Waals surface area contributed by atoms with Crippen molar-refractivity contribution < 1.29 is 9.15 Å². The van der Waals surface area contributed by atoms with E-state index in [0.29, 0.717) is 11.3 Å². The Hall–Kier alpha value is -1.25. The molecule has 0 bridgehead atoms. The smallest absolute Gasteiger partial charge is 0.288 e. The molecule has 1 rings (SSSR count). The number of hydrogen-bond acceptors (Lipinski definition) is 3. The second kappa shape index (κ2) is 2.78. The molecule has 0 saturated heterocycles. The summed E-state index contributed by atoms with van der Waals surface area (Å²) in [5, 5.41) is 0. The average Bonchev–Trinajstić information content (AvgIpc) is 1.99. The Kier molecular flexibility index (Phi) is 1.98. The van der Waals surface area contributed by atoms with E-state index in [9.17, 15) is 4.79 Å². The fourth-order valence-corrected chi connectivity index (χ4v) is 0.746. The minimum Gasteiger partial charge on any atom is -0.468 e. The second-order valence-corrected chi connectivity index (χ2v) is 2.31. The Labute approximate surface area is 64.6 Å². The number of hydrogen-bond donors (Lipinski definition) is 0. The van der Waals surface area contributed by atoms with Gasteiger partial charge in [-0.25, -0.2) is 0 Å². The maximum Gasteiger partial charge on any atom is 0.288 e. The van der Waals surface area contributed by atoms with Gasteiger partial charge in [0.05, 0.1) is 13.2 Å². The zero-order chi connectivity index (χ0) is 8.43. The lowest BCUT2D eigenvalue weighted by Gasteiger charge is -2.00. The van der Waals surface area contributed by atoms with Crippen LogP contribution in [0.4, 0.5) is 0 Å². The van der Waals surface area contributed by atoms with Gasteiger partial charge in [-0.1, -0.05) is 0 Å². The molecule has 0 fully saturated rings. The first-order chi connectivity index (χ1) is 5.15. The van der Waals surface area contributed by atoms with Gasteiger partial charge >= 0.3 is 0 Å². The first kappa shape index (κ1) is 7.85.